The normalized spacial score (nSPS) is 11.0. The van der Waals surface area contributed by atoms with Gasteiger partial charge in [-0.3, -0.25) is 14.8 Å². The van der Waals surface area contributed by atoms with E-state index < -0.39 is 11.9 Å². The summed E-state index contributed by atoms with van der Waals surface area (Å²) in [5.74, 6) is -0.452. The molecule has 5 aromatic rings. The molecular weight excluding hydrogens is 463 g/mol. The summed E-state index contributed by atoms with van der Waals surface area (Å²) in [5.41, 5.74) is 4.42. The number of H-pyrrole nitrogens is 1. The zero-order valence-electron chi connectivity index (χ0n) is 19.0. The lowest BCUT2D eigenvalue weighted by Gasteiger charge is -2.17. The van der Waals surface area contributed by atoms with Crippen molar-refractivity contribution >= 4 is 40.1 Å². The van der Waals surface area contributed by atoms with Gasteiger partial charge in [-0.05, 0) is 47.9 Å². The summed E-state index contributed by atoms with van der Waals surface area (Å²) in [6.45, 7) is 0.524. The van der Waals surface area contributed by atoms with E-state index in [4.69, 9.17) is 5.11 Å². The Kier molecular flexibility index (Phi) is 6.23. The second-order valence-electron chi connectivity index (χ2n) is 8.13. The van der Waals surface area contributed by atoms with Crippen molar-refractivity contribution in [1.82, 2.24) is 25.3 Å². The third-order valence-electron chi connectivity index (χ3n) is 5.91. The fourth-order valence-corrected chi connectivity index (χ4v) is 4.22. The Balaban J connectivity index is 1.55. The van der Waals surface area contributed by atoms with Gasteiger partial charge >= 0.3 is 6.09 Å². The summed E-state index contributed by atoms with van der Waals surface area (Å²) in [7, 11) is 0. The quantitative estimate of drug-likeness (QED) is 0.218. The standard InChI is InChI=1S/C26H21FN6O3/c27-23-10-17(9-20-19(4-7-29-24(20)23)16-3-1-5-28-12-16)22-14-32-25-21(22)11-18(13-31-25)33(15-34)8-2-6-30-26(35)36/h1,3-5,7,9-15,30H,2,6,8H2,(H,31,32)(H,35,36). The number of aromatic nitrogens is 4. The van der Waals surface area contributed by atoms with Gasteiger partial charge in [-0.15, -0.1) is 0 Å². The van der Waals surface area contributed by atoms with Gasteiger partial charge in [-0.1, -0.05) is 6.07 Å². The van der Waals surface area contributed by atoms with E-state index in [2.05, 4.69) is 25.3 Å². The van der Waals surface area contributed by atoms with Crippen molar-refractivity contribution in [3.8, 4) is 22.3 Å². The fourth-order valence-electron chi connectivity index (χ4n) is 4.22. The van der Waals surface area contributed by atoms with Crippen LogP contribution in [0.4, 0.5) is 14.9 Å². The minimum absolute atomic E-state index is 0.217. The number of pyridine rings is 3. The maximum atomic E-state index is 15.2. The number of halogens is 1. The molecule has 0 unspecified atom stereocenters. The lowest BCUT2D eigenvalue weighted by Crippen LogP contribution is -2.28. The van der Waals surface area contributed by atoms with Crippen molar-refractivity contribution in [2.75, 3.05) is 18.0 Å². The molecule has 9 nitrogen and oxygen atoms in total. The number of rotatable bonds is 8. The van der Waals surface area contributed by atoms with E-state index in [9.17, 15) is 9.59 Å². The number of amides is 2. The van der Waals surface area contributed by atoms with Crippen LogP contribution in [0.15, 0.2) is 67.4 Å². The monoisotopic (exact) mass is 484 g/mol. The number of aromatic amines is 1. The lowest BCUT2D eigenvalue weighted by molar-refractivity contribution is -0.107. The molecule has 36 heavy (non-hydrogen) atoms. The Morgan fingerprint density at radius 2 is 1.97 bits per heavy atom. The highest BCUT2D eigenvalue weighted by Gasteiger charge is 2.16. The van der Waals surface area contributed by atoms with Gasteiger partial charge in [-0.2, -0.15) is 0 Å². The average Bonchev–Trinajstić information content (AvgIpc) is 3.32. The molecular formula is C26H21FN6O3. The molecule has 0 spiro atoms. The highest BCUT2D eigenvalue weighted by molar-refractivity contribution is 6.01. The topological polar surface area (TPSA) is 124 Å². The minimum Gasteiger partial charge on any atom is -0.465 e. The van der Waals surface area contributed by atoms with Gasteiger partial charge in [-0.25, -0.2) is 14.2 Å². The highest BCUT2D eigenvalue weighted by atomic mass is 19.1. The van der Waals surface area contributed by atoms with Crippen molar-refractivity contribution in [3.05, 3.63) is 73.2 Å². The van der Waals surface area contributed by atoms with Gasteiger partial charge in [0.1, 0.15) is 17.0 Å². The van der Waals surface area contributed by atoms with Crippen LogP contribution in [0, 0.1) is 5.82 Å². The summed E-state index contributed by atoms with van der Waals surface area (Å²) >= 11 is 0. The van der Waals surface area contributed by atoms with E-state index in [1.807, 2.05) is 24.3 Å². The van der Waals surface area contributed by atoms with Crippen LogP contribution < -0.4 is 10.2 Å². The van der Waals surface area contributed by atoms with Crippen LogP contribution in [0.3, 0.4) is 0 Å². The molecule has 3 N–H and O–H groups in total. The zero-order valence-corrected chi connectivity index (χ0v) is 19.0. The van der Waals surface area contributed by atoms with Gasteiger partial charge < -0.3 is 20.3 Å². The largest absolute Gasteiger partial charge is 0.465 e. The van der Waals surface area contributed by atoms with Crippen LogP contribution in [0.5, 0.6) is 0 Å². The van der Waals surface area contributed by atoms with Crippen LogP contribution in [0.1, 0.15) is 6.42 Å². The van der Waals surface area contributed by atoms with Crippen molar-refractivity contribution in [2.45, 2.75) is 6.42 Å². The Hall–Kier alpha value is -4.86. The van der Waals surface area contributed by atoms with Gasteiger partial charge in [0.2, 0.25) is 6.41 Å². The molecule has 0 aliphatic rings. The van der Waals surface area contributed by atoms with E-state index in [1.165, 1.54) is 11.0 Å². The molecule has 0 atom stereocenters. The number of hydrogen-bond acceptors (Lipinski definition) is 5. The molecule has 10 heteroatoms. The Labute approximate surface area is 204 Å². The van der Waals surface area contributed by atoms with Crippen LogP contribution in [0.2, 0.25) is 0 Å². The first kappa shape index (κ1) is 22.9. The van der Waals surface area contributed by atoms with Gasteiger partial charge in [0.05, 0.1) is 11.9 Å². The third kappa shape index (κ3) is 4.43. The summed E-state index contributed by atoms with van der Waals surface area (Å²) in [6.07, 6.45) is 8.30. The van der Waals surface area contributed by atoms with E-state index in [1.54, 1.807) is 37.1 Å². The number of carbonyl (C=O) groups is 2. The Morgan fingerprint density at radius 1 is 1.08 bits per heavy atom. The van der Waals surface area contributed by atoms with Crippen LogP contribution in [-0.4, -0.2) is 50.6 Å². The molecule has 0 saturated carbocycles. The lowest BCUT2D eigenvalue weighted by atomic mass is 9.98. The minimum atomic E-state index is -1.11. The maximum absolute atomic E-state index is 15.2. The van der Waals surface area contributed by atoms with Crippen molar-refractivity contribution in [3.63, 3.8) is 0 Å². The number of hydrogen-bond donors (Lipinski definition) is 3. The molecule has 0 fully saturated rings. The predicted octanol–water partition coefficient (Wildman–Crippen LogP) is 4.60. The summed E-state index contributed by atoms with van der Waals surface area (Å²) in [4.78, 5) is 39.8. The highest BCUT2D eigenvalue weighted by Crippen LogP contribution is 2.35. The first-order valence-corrected chi connectivity index (χ1v) is 11.2. The van der Waals surface area contributed by atoms with Crippen molar-refractivity contribution in [2.24, 2.45) is 0 Å². The predicted molar refractivity (Wildman–Crippen MR) is 134 cm³/mol. The molecule has 0 radical (unpaired) electrons. The zero-order chi connectivity index (χ0) is 25.1. The van der Waals surface area contributed by atoms with Crippen LogP contribution >= 0.6 is 0 Å². The second-order valence-corrected chi connectivity index (χ2v) is 8.13. The van der Waals surface area contributed by atoms with Crippen molar-refractivity contribution < 1.29 is 19.1 Å². The van der Waals surface area contributed by atoms with Gasteiger partial charge in [0.15, 0.2) is 0 Å². The first-order chi connectivity index (χ1) is 17.5. The molecule has 4 heterocycles. The number of benzene rings is 1. The molecule has 5 rings (SSSR count). The van der Waals surface area contributed by atoms with Crippen molar-refractivity contribution in [1.29, 1.82) is 0 Å². The van der Waals surface area contributed by atoms with Gasteiger partial charge in [0, 0.05) is 59.8 Å². The molecule has 1 aromatic carbocycles. The number of carbonyl (C=O) groups excluding carboxylic acids is 1. The molecule has 2 amide bonds. The molecule has 0 saturated heterocycles. The van der Waals surface area contributed by atoms with E-state index in [0.29, 0.717) is 47.0 Å². The molecule has 0 aliphatic heterocycles. The number of fused-ring (bicyclic) bond motifs is 2. The summed E-state index contributed by atoms with van der Waals surface area (Å²) in [6, 6.07) is 10.7. The van der Waals surface area contributed by atoms with Gasteiger partial charge in [0.25, 0.3) is 0 Å². The Bertz CT molecular complexity index is 1570. The first-order valence-electron chi connectivity index (χ1n) is 11.2. The van der Waals surface area contributed by atoms with E-state index in [-0.39, 0.29) is 12.1 Å². The average molecular weight is 484 g/mol. The molecule has 4 aromatic heterocycles. The number of nitrogens with zero attached hydrogens (tertiary/aromatic N) is 4. The second kappa shape index (κ2) is 9.79. The van der Waals surface area contributed by atoms with E-state index >= 15 is 4.39 Å². The maximum Gasteiger partial charge on any atom is 0.404 e. The Morgan fingerprint density at radius 3 is 2.75 bits per heavy atom. The van der Waals surface area contributed by atoms with Crippen LogP contribution in [-0.2, 0) is 4.79 Å². The summed E-state index contributed by atoms with van der Waals surface area (Å²) < 4.78 is 15.2. The SMILES string of the molecule is O=CN(CCCNC(=O)O)c1cnc2[nH]cc(-c3cc(F)c4nccc(-c5cccnc5)c4c3)c2c1. The van der Waals surface area contributed by atoms with E-state index in [0.717, 1.165) is 16.7 Å². The smallest absolute Gasteiger partial charge is 0.404 e. The molecule has 180 valence electrons. The third-order valence-corrected chi connectivity index (χ3v) is 5.91. The molecule has 0 aliphatic carbocycles. The van der Waals surface area contributed by atoms with Crippen LogP contribution in [0.25, 0.3) is 44.2 Å². The number of carboxylic acid groups (broad SMARTS) is 1. The number of nitrogens with one attached hydrogen (secondary N) is 2. The summed E-state index contributed by atoms with van der Waals surface area (Å²) in [5, 5.41) is 12.4. The number of anilines is 1. The molecule has 0 bridgehead atoms. The fraction of sp³-hybridized carbons (Fsp3) is 0.115.